The van der Waals surface area contributed by atoms with Crippen LogP contribution in [0.25, 0.3) is 0 Å². The summed E-state index contributed by atoms with van der Waals surface area (Å²) in [5.41, 5.74) is 0.119. The van der Waals surface area contributed by atoms with Crippen LogP contribution in [0.5, 0.6) is 5.75 Å². The van der Waals surface area contributed by atoms with Gasteiger partial charge in [0.05, 0.1) is 12.2 Å². The maximum absolute atomic E-state index is 12.2. The first-order valence-electron chi connectivity index (χ1n) is 6.63. The number of rotatable bonds is 7. The zero-order valence-electron chi connectivity index (χ0n) is 12.0. The molecule has 2 N–H and O–H groups in total. The highest BCUT2D eigenvalue weighted by Gasteiger charge is 2.32. The second kappa shape index (κ2) is 7.75. The predicted molar refractivity (Wildman–Crippen MR) is 74.1 cm³/mol. The van der Waals surface area contributed by atoms with Gasteiger partial charge in [-0.15, -0.1) is 13.2 Å². The van der Waals surface area contributed by atoms with Gasteiger partial charge in [-0.05, 0) is 24.5 Å². The largest absolute Gasteiger partial charge is 0.573 e. The molecule has 0 saturated carbocycles. The van der Waals surface area contributed by atoms with Crippen LogP contribution in [0.4, 0.5) is 18.9 Å². The summed E-state index contributed by atoms with van der Waals surface area (Å²) in [7, 11) is 0. The monoisotopic (exact) mass is 304 g/mol. The number of para-hydroxylation sites is 2. The molecule has 0 aliphatic rings. The topological polar surface area (TPSA) is 50.4 Å². The SMILES string of the molecule is CC(C)CCNC(=O)CNc1ccccc1OC(F)(F)F. The number of ether oxygens (including phenoxy) is 1. The Kier molecular flexibility index (Phi) is 6.33. The molecule has 4 nitrogen and oxygen atoms in total. The number of halogens is 3. The van der Waals surface area contributed by atoms with Gasteiger partial charge in [0.1, 0.15) is 0 Å². The number of hydrogen-bond donors (Lipinski definition) is 2. The lowest BCUT2D eigenvalue weighted by Gasteiger charge is -2.14. The van der Waals surface area contributed by atoms with Gasteiger partial charge in [-0.2, -0.15) is 0 Å². The molecule has 7 heteroatoms. The molecule has 1 aromatic carbocycles. The third kappa shape index (κ3) is 7.43. The molecule has 0 fully saturated rings. The number of amides is 1. The van der Waals surface area contributed by atoms with Crippen LogP contribution >= 0.6 is 0 Å². The molecule has 0 aromatic heterocycles. The summed E-state index contributed by atoms with van der Waals surface area (Å²) in [5, 5.41) is 5.32. The highest BCUT2D eigenvalue weighted by atomic mass is 19.4. The van der Waals surface area contributed by atoms with Crippen LogP contribution in [0, 0.1) is 5.92 Å². The van der Waals surface area contributed by atoms with Crippen LogP contribution in [-0.2, 0) is 4.79 Å². The third-order valence-corrected chi connectivity index (χ3v) is 2.60. The Morgan fingerprint density at radius 1 is 1.29 bits per heavy atom. The van der Waals surface area contributed by atoms with Crippen molar-refractivity contribution in [2.75, 3.05) is 18.4 Å². The van der Waals surface area contributed by atoms with Gasteiger partial charge in [-0.3, -0.25) is 4.79 Å². The highest BCUT2D eigenvalue weighted by molar-refractivity contribution is 5.81. The van der Waals surface area contributed by atoms with Crippen molar-refractivity contribution in [1.29, 1.82) is 0 Å². The van der Waals surface area contributed by atoms with E-state index in [1.54, 1.807) is 6.07 Å². The summed E-state index contributed by atoms with van der Waals surface area (Å²) in [6.07, 6.45) is -3.92. The standard InChI is InChI=1S/C14H19F3N2O2/c1-10(2)7-8-18-13(20)9-19-11-5-3-4-6-12(11)21-14(15,16)17/h3-6,10,19H,7-9H2,1-2H3,(H,18,20). The number of hydrogen-bond acceptors (Lipinski definition) is 3. The first kappa shape index (κ1) is 17.1. The second-order valence-corrected chi connectivity index (χ2v) is 4.93. The van der Waals surface area contributed by atoms with Crippen molar-refractivity contribution in [3.8, 4) is 5.75 Å². The fraction of sp³-hybridized carbons (Fsp3) is 0.500. The minimum atomic E-state index is -4.77. The molecular formula is C14H19F3N2O2. The van der Waals surface area contributed by atoms with Gasteiger partial charge in [-0.1, -0.05) is 26.0 Å². The molecule has 1 rings (SSSR count). The molecule has 0 spiro atoms. The average Bonchev–Trinajstić information content (AvgIpc) is 2.35. The Balaban J connectivity index is 2.49. The van der Waals surface area contributed by atoms with Crippen molar-refractivity contribution in [2.24, 2.45) is 5.92 Å². The van der Waals surface area contributed by atoms with Gasteiger partial charge in [0.2, 0.25) is 5.91 Å². The summed E-state index contributed by atoms with van der Waals surface area (Å²) < 4.78 is 40.6. The Morgan fingerprint density at radius 3 is 2.57 bits per heavy atom. The van der Waals surface area contributed by atoms with Crippen LogP contribution in [-0.4, -0.2) is 25.4 Å². The minimum absolute atomic E-state index is 0.115. The van der Waals surface area contributed by atoms with E-state index >= 15 is 0 Å². The zero-order valence-corrected chi connectivity index (χ0v) is 12.0. The van der Waals surface area contributed by atoms with E-state index in [9.17, 15) is 18.0 Å². The van der Waals surface area contributed by atoms with Gasteiger partial charge in [0.25, 0.3) is 0 Å². The summed E-state index contributed by atoms with van der Waals surface area (Å²) >= 11 is 0. The lowest BCUT2D eigenvalue weighted by Crippen LogP contribution is -2.31. The minimum Gasteiger partial charge on any atom is -0.404 e. The fourth-order valence-electron chi connectivity index (χ4n) is 1.56. The van der Waals surface area contributed by atoms with Crippen molar-refractivity contribution in [3.63, 3.8) is 0 Å². The van der Waals surface area contributed by atoms with Crippen molar-refractivity contribution in [2.45, 2.75) is 26.6 Å². The summed E-state index contributed by atoms with van der Waals surface area (Å²) in [4.78, 5) is 11.6. The molecule has 118 valence electrons. The van der Waals surface area contributed by atoms with E-state index in [0.717, 1.165) is 6.42 Å². The Morgan fingerprint density at radius 2 is 1.95 bits per heavy atom. The molecule has 21 heavy (non-hydrogen) atoms. The fourth-order valence-corrected chi connectivity index (χ4v) is 1.56. The maximum atomic E-state index is 12.2. The van der Waals surface area contributed by atoms with Gasteiger partial charge in [0, 0.05) is 6.54 Å². The maximum Gasteiger partial charge on any atom is 0.573 e. The first-order chi connectivity index (χ1) is 9.78. The van der Waals surface area contributed by atoms with E-state index in [4.69, 9.17) is 0 Å². The molecule has 0 aliphatic heterocycles. The molecule has 0 aliphatic carbocycles. The van der Waals surface area contributed by atoms with E-state index in [-0.39, 0.29) is 23.9 Å². The number of carbonyl (C=O) groups excluding carboxylic acids is 1. The number of benzene rings is 1. The zero-order chi connectivity index (χ0) is 15.9. The first-order valence-corrected chi connectivity index (χ1v) is 6.63. The van der Waals surface area contributed by atoms with Crippen LogP contribution in [0.2, 0.25) is 0 Å². The molecule has 0 saturated heterocycles. The molecule has 0 bridgehead atoms. The normalized spacial score (nSPS) is 11.3. The molecule has 0 unspecified atom stereocenters. The molecule has 1 aromatic rings. The molecular weight excluding hydrogens is 285 g/mol. The molecule has 0 atom stereocenters. The number of anilines is 1. The second-order valence-electron chi connectivity index (χ2n) is 4.93. The molecule has 1 amide bonds. The number of alkyl halides is 3. The van der Waals surface area contributed by atoms with E-state index in [1.165, 1.54) is 18.2 Å². The highest BCUT2D eigenvalue weighted by Crippen LogP contribution is 2.29. The predicted octanol–water partition coefficient (Wildman–Crippen LogP) is 3.16. The van der Waals surface area contributed by atoms with Gasteiger partial charge in [-0.25, -0.2) is 0 Å². The van der Waals surface area contributed by atoms with Crippen molar-refractivity contribution in [1.82, 2.24) is 5.32 Å². The van der Waals surface area contributed by atoms with Crippen molar-refractivity contribution >= 4 is 11.6 Å². The summed E-state index contributed by atoms with van der Waals surface area (Å²) in [6, 6.07) is 5.59. The lowest BCUT2D eigenvalue weighted by atomic mass is 10.1. The Hall–Kier alpha value is -1.92. The quantitative estimate of drug-likeness (QED) is 0.813. The van der Waals surface area contributed by atoms with Crippen LogP contribution in [0.15, 0.2) is 24.3 Å². The van der Waals surface area contributed by atoms with E-state index in [0.29, 0.717) is 12.5 Å². The van der Waals surface area contributed by atoms with Gasteiger partial charge in [0.15, 0.2) is 5.75 Å². The smallest absolute Gasteiger partial charge is 0.404 e. The molecule has 0 radical (unpaired) electrons. The van der Waals surface area contributed by atoms with Crippen molar-refractivity contribution < 1.29 is 22.7 Å². The van der Waals surface area contributed by atoms with Crippen LogP contribution in [0.1, 0.15) is 20.3 Å². The Labute approximate surface area is 121 Å². The number of carbonyl (C=O) groups is 1. The van der Waals surface area contributed by atoms with Gasteiger partial charge >= 0.3 is 6.36 Å². The Bertz CT molecular complexity index is 462. The molecule has 0 heterocycles. The van der Waals surface area contributed by atoms with E-state index in [1.807, 2.05) is 13.8 Å². The van der Waals surface area contributed by atoms with Crippen molar-refractivity contribution in [3.05, 3.63) is 24.3 Å². The van der Waals surface area contributed by atoms with Crippen LogP contribution < -0.4 is 15.4 Å². The van der Waals surface area contributed by atoms with E-state index in [2.05, 4.69) is 15.4 Å². The van der Waals surface area contributed by atoms with E-state index < -0.39 is 6.36 Å². The van der Waals surface area contributed by atoms with Crippen LogP contribution in [0.3, 0.4) is 0 Å². The third-order valence-electron chi connectivity index (χ3n) is 2.60. The van der Waals surface area contributed by atoms with Gasteiger partial charge < -0.3 is 15.4 Å². The number of nitrogens with one attached hydrogen (secondary N) is 2. The summed E-state index contributed by atoms with van der Waals surface area (Å²) in [5.74, 6) is -0.170. The average molecular weight is 304 g/mol. The lowest BCUT2D eigenvalue weighted by molar-refractivity contribution is -0.274. The summed E-state index contributed by atoms with van der Waals surface area (Å²) in [6.45, 7) is 4.50.